The van der Waals surface area contributed by atoms with Crippen molar-refractivity contribution in [2.75, 3.05) is 13.1 Å². The smallest absolute Gasteiger partial charge is 0.248 e. The van der Waals surface area contributed by atoms with Crippen molar-refractivity contribution in [3.8, 4) is 0 Å². The summed E-state index contributed by atoms with van der Waals surface area (Å²) in [5.41, 5.74) is 0. The fraction of sp³-hybridized carbons (Fsp3) is 1.00. The summed E-state index contributed by atoms with van der Waals surface area (Å²) in [4.78, 5) is 2.40. The molecule has 1 saturated heterocycles. The van der Waals surface area contributed by atoms with Gasteiger partial charge < -0.3 is 0 Å². The number of nitrogens with zero attached hydrogens (tertiary/aromatic N) is 1. The van der Waals surface area contributed by atoms with Crippen LogP contribution in [0.1, 0.15) is 39.5 Å². The zero-order valence-electron chi connectivity index (χ0n) is 9.68. The van der Waals surface area contributed by atoms with Crippen LogP contribution in [0.15, 0.2) is 0 Å². The van der Waals surface area contributed by atoms with Crippen molar-refractivity contribution < 1.29 is 8.78 Å². The van der Waals surface area contributed by atoms with Gasteiger partial charge in [-0.3, -0.25) is 4.90 Å². The van der Waals surface area contributed by atoms with Gasteiger partial charge in [-0.15, -0.1) is 0 Å². The first kappa shape index (κ1) is 11.3. The average molecular weight is 217 g/mol. The lowest BCUT2D eigenvalue weighted by molar-refractivity contribution is -0.0723. The monoisotopic (exact) mass is 217 g/mol. The predicted molar refractivity (Wildman–Crippen MR) is 57.1 cm³/mol. The van der Waals surface area contributed by atoms with Crippen LogP contribution in [-0.2, 0) is 0 Å². The second-order valence-corrected chi connectivity index (χ2v) is 5.55. The third-order valence-corrected chi connectivity index (χ3v) is 4.08. The van der Waals surface area contributed by atoms with E-state index in [-0.39, 0.29) is 12.8 Å². The summed E-state index contributed by atoms with van der Waals surface area (Å²) in [5, 5.41) is 0. The van der Waals surface area contributed by atoms with E-state index in [4.69, 9.17) is 0 Å². The fourth-order valence-electron chi connectivity index (χ4n) is 2.66. The summed E-state index contributed by atoms with van der Waals surface area (Å²) >= 11 is 0. The highest BCUT2D eigenvalue weighted by atomic mass is 19.3. The molecule has 0 bridgehead atoms. The van der Waals surface area contributed by atoms with Crippen LogP contribution in [0.25, 0.3) is 0 Å². The van der Waals surface area contributed by atoms with Crippen LogP contribution in [0.5, 0.6) is 0 Å². The van der Waals surface area contributed by atoms with Gasteiger partial charge in [0.1, 0.15) is 0 Å². The molecular formula is C12H21F2N. The normalized spacial score (nSPS) is 29.4. The summed E-state index contributed by atoms with van der Waals surface area (Å²) < 4.78 is 25.9. The maximum Gasteiger partial charge on any atom is 0.248 e. The van der Waals surface area contributed by atoms with Crippen LogP contribution < -0.4 is 0 Å². The molecule has 0 aromatic heterocycles. The Kier molecular flexibility index (Phi) is 3.02. The van der Waals surface area contributed by atoms with Crippen LogP contribution in [-0.4, -0.2) is 30.0 Å². The van der Waals surface area contributed by atoms with Gasteiger partial charge in [-0.2, -0.15) is 0 Å². The lowest BCUT2D eigenvalue weighted by atomic mass is 9.83. The van der Waals surface area contributed by atoms with Gasteiger partial charge in [-0.1, -0.05) is 13.8 Å². The van der Waals surface area contributed by atoms with Crippen molar-refractivity contribution in [3.63, 3.8) is 0 Å². The maximum atomic E-state index is 12.9. The maximum absolute atomic E-state index is 12.9. The van der Waals surface area contributed by atoms with Crippen LogP contribution in [0.4, 0.5) is 8.78 Å². The molecule has 0 unspecified atom stereocenters. The Morgan fingerprint density at radius 3 is 2.13 bits per heavy atom. The molecule has 3 heteroatoms. The minimum absolute atomic E-state index is 0.0977. The van der Waals surface area contributed by atoms with Gasteiger partial charge in [-0.25, -0.2) is 8.78 Å². The third kappa shape index (κ3) is 2.49. The van der Waals surface area contributed by atoms with Crippen LogP contribution in [0, 0.1) is 11.8 Å². The Morgan fingerprint density at radius 2 is 1.67 bits per heavy atom. The second kappa shape index (κ2) is 4.00. The Bertz CT molecular complexity index is 212. The standard InChI is InChI=1S/C12H21F2N/c1-9(2)10-7-15(8-10)11-3-5-12(13,14)6-4-11/h9-11H,3-8H2,1-2H3. The molecular weight excluding hydrogens is 196 g/mol. The highest BCUT2D eigenvalue weighted by Gasteiger charge is 2.40. The molecule has 0 aromatic carbocycles. The zero-order valence-corrected chi connectivity index (χ0v) is 9.68. The summed E-state index contributed by atoms with van der Waals surface area (Å²) in [6, 6.07) is 0.444. The topological polar surface area (TPSA) is 3.24 Å². The molecule has 0 radical (unpaired) electrons. The number of rotatable bonds is 2. The van der Waals surface area contributed by atoms with E-state index < -0.39 is 5.92 Å². The number of alkyl halides is 2. The molecule has 1 aliphatic carbocycles. The van der Waals surface area contributed by atoms with Crippen molar-refractivity contribution in [3.05, 3.63) is 0 Å². The molecule has 1 nitrogen and oxygen atoms in total. The molecule has 1 aliphatic heterocycles. The van der Waals surface area contributed by atoms with Crippen molar-refractivity contribution in [2.24, 2.45) is 11.8 Å². The van der Waals surface area contributed by atoms with Gasteiger partial charge in [0.15, 0.2) is 0 Å². The van der Waals surface area contributed by atoms with Crippen molar-refractivity contribution >= 4 is 0 Å². The molecule has 2 fully saturated rings. The summed E-state index contributed by atoms with van der Waals surface area (Å²) in [7, 11) is 0. The van der Waals surface area contributed by atoms with E-state index in [2.05, 4.69) is 18.7 Å². The minimum atomic E-state index is -2.38. The first-order chi connectivity index (χ1) is 6.98. The lowest BCUT2D eigenvalue weighted by Crippen LogP contribution is -2.55. The Labute approximate surface area is 90.8 Å². The summed E-state index contributed by atoms with van der Waals surface area (Å²) in [5.74, 6) is -0.836. The fourth-order valence-corrected chi connectivity index (χ4v) is 2.66. The van der Waals surface area contributed by atoms with Gasteiger partial charge in [0, 0.05) is 32.0 Å². The van der Waals surface area contributed by atoms with E-state index in [1.165, 1.54) is 0 Å². The molecule has 15 heavy (non-hydrogen) atoms. The number of likely N-dealkylation sites (tertiary alicyclic amines) is 1. The molecule has 2 aliphatic rings. The van der Waals surface area contributed by atoms with Gasteiger partial charge in [0.2, 0.25) is 5.92 Å². The van der Waals surface area contributed by atoms with Gasteiger partial charge in [0.05, 0.1) is 0 Å². The average Bonchev–Trinajstić information content (AvgIpc) is 2.04. The van der Waals surface area contributed by atoms with E-state index in [0.717, 1.165) is 24.9 Å². The number of hydrogen-bond donors (Lipinski definition) is 0. The highest BCUT2D eigenvalue weighted by molar-refractivity contribution is 4.90. The van der Waals surface area contributed by atoms with Gasteiger partial charge in [0.25, 0.3) is 0 Å². The summed E-state index contributed by atoms with van der Waals surface area (Å²) in [6.07, 6.45) is 1.58. The van der Waals surface area contributed by atoms with Crippen LogP contribution in [0.2, 0.25) is 0 Å². The van der Waals surface area contributed by atoms with Crippen molar-refractivity contribution in [2.45, 2.75) is 51.5 Å². The van der Waals surface area contributed by atoms with Gasteiger partial charge >= 0.3 is 0 Å². The number of hydrogen-bond acceptors (Lipinski definition) is 1. The quantitative estimate of drug-likeness (QED) is 0.686. The van der Waals surface area contributed by atoms with Crippen LogP contribution >= 0.6 is 0 Å². The van der Waals surface area contributed by atoms with Crippen molar-refractivity contribution in [1.29, 1.82) is 0 Å². The highest BCUT2D eigenvalue weighted by Crippen LogP contribution is 2.37. The molecule has 1 saturated carbocycles. The Morgan fingerprint density at radius 1 is 1.13 bits per heavy atom. The van der Waals surface area contributed by atoms with E-state index >= 15 is 0 Å². The first-order valence-corrected chi connectivity index (χ1v) is 6.10. The van der Waals surface area contributed by atoms with E-state index in [1.54, 1.807) is 0 Å². The van der Waals surface area contributed by atoms with E-state index in [9.17, 15) is 8.78 Å². The third-order valence-electron chi connectivity index (χ3n) is 4.08. The van der Waals surface area contributed by atoms with Gasteiger partial charge in [-0.05, 0) is 24.7 Å². The molecule has 88 valence electrons. The molecule has 0 spiro atoms. The minimum Gasteiger partial charge on any atom is -0.300 e. The lowest BCUT2D eigenvalue weighted by Gasteiger charge is -2.48. The largest absolute Gasteiger partial charge is 0.300 e. The zero-order chi connectivity index (χ0) is 11.1. The summed E-state index contributed by atoms with van der Waals surface area (Å²) in [6.45, 7) is 6.76. The second-order valence-electron chi connectivity index (χ2n) is 5.55. The SMILES string of the molecule is CC(C)C1CN(C2CCC(F)(F)CC2)C1. The Hall–Kier alpha value is -0.180. The first-order valence-electron chi connectivity index (χ1n) is 6.10. The number of halogens is 2. The molecule has 0 atom stereocenters. The molecule has 0 N–H and O–H groups in total. The van der Waals surface area contributed by atoms with Crippen molar-refractivity contribution in [1.82, 2.24) is 4.90 Å². The molecule has 0 aromatic rings. The molecule has 1 heterocycles. The van der Waals surface area contributed by atoms with E-state index in [1.807, 2.05) is 0 Å². The Balaban J connectivity index is 1.75. The predicted octanol–water partition coefficient (Wildman–Crippen LogP) is 3.15. The molecule has 2 rings (SSSR count). The molecule has 0 amide bonds. The van der Waals surface area contributed by atoms with E-state index in [0.29, 0.717) is 18.9 Å². The van der Waals surface area contributed by atoms with Crippen LogP contribution in [0.3, 0.4) is 0 Å².